The Morgan fingerprint density at radius 1 is 1.15 bits per heavy atom. The van der Waals surface area contributed by atoms with Crippen molar-refractivity contribution >= 4 is 35.9 Å². The molecule has 0 bridgehead atoms. The maximum Gasteiger partial charge on any atom is 0.414 e. The number of hydrogen-bond donors (Lipinski definition) is 0. The van der Waals surface area contributed by atoms with E-state index < -0.39 is 11.9 Å². The van der Waals surface area contributed by atoms with E-state index in [1.165, 1.54) is 35.4 Å². The van der Waals surface area contributed by atoms with Crippen LogP contribution in [0, 0.1) is 12.7 Å². The Bertz CT molecular complexity index is 1070. The summed E-state index contributed by atoms with van der Waals surface area (Å²) in [6.07, 6.45) is 3.98. The number of pyridine rings is 1. The number of benzene rings is 1. The van der Waals surface area contributed by atoms with Crippen molar-refractivity contribution in [3.8, 4) is 0 Å². The summed E-state index contributed by atoms with van der Waals surface area (Å²) < 4.78 is 19.8. The number of aromatic nitrogens is 1. The zero-order valence-corrected chi connectivity index (χ0v) is 19.6. The van der Waals surface area contributed by atoms with Crippen LogP contribution in [0.4, 0.5) is 20.7 Å². The van der Waals surface area contributed by atoms with Gasteiger partial charge in [-0.3, -0.25) is 9.69 Å². The van der Waals surface area contributed by atoms with Gasteiger partial charge in [0.05, 0.1) is 17.3 Å². The van der Waals surface area contributed by atoms with E-state index >= 15 is 0 Å². The van der Waals surface area contributed by atoms with Crippen LogP contribution in [-0.2, 0) is 4.74 Å². The van der Waals surface area contributed by atoms with Crippen molar-refractivity contribution in [2.75, 3.05) is 42.6 Å². The summed E-state index contributed by atoms with van der Waals surface area (Å²) >= 11 is 0. The predicted molar refractivity (Wildman–Crippen MR) is 126 cm³/mol. The van der Waals surface area contributed by atoms with Crippen LogP contribution in [-0.4, -0.2) is 60.7 Å². The fraction of sp³-hybridized carbons (Fsp3) is 0.458. The van der Waals surface area contributed by atoms with E-state index in [0.29, 0.717) is 37.8 Å². The van der Waals surface area contributed by atoms with Crippen molar-refractivity contribution in [1.29, 1.82) is 0 Å². The number of carbonyl (C=O) groups excluding carboxylic acids is 2. The Hall–Kier alpha value is -2.87. The molecule has 5 rings (SSSR count). The van der Waals surface area contributed by atoms with Gasteiger partial charge >= 0.3 is 6.09 Å². The molecule has 1 aromatic heterocycles. The van der Waals surface area contributed by atoms with E-state index in [-0.39, 0.29) is 36.5 Å². The van der Waals surface area contributed by atoms with E-state index in [1.807, 2.05) is 13.1 Å². The first kappa shape index (κ1) is 23.3. The largest absolute Gasteiger partial charge is 0.447 e. The number of halogens is 2. The summed E-state index contributed by atoms with van der Waals surface area (Å²) in [5.74, 6) is 0.670. The zero-order valence-electron chi connectivity index (χ0n) is 18.8. The molecule has 2 aromatic rings. The average Bonchev–Trinajstić information content (AvgIpc) is 3.58. The molecule has 1 saturated carbocycles. The highest BCUT2D eigenvalue weighted by atomic mass is 35.5. The average molecular weight is 475 g/mol. The van der Waals surface area contributed by atoms with Crippen LogP contribution in [0.5, 0.6) is 0 Å². The van der Waals surface area contributed by atoms with Gasteiger partial charge in [-0.15, -0.1) is 12.4 Å². The summed E-state index contributed by atoms with van der Waals surface area (Å²) in [6.45, 7) is 6.49. The van der Waals surface area contributed by atoms with Gasteiger partial charge in [0.15, 0.2) is 0 Å². The topological polar surface area (TPSA) is 66.0 Å². The van der Waals surface area contributed by atoms with E-state index in [9.17, 15) is 14.0 Å². The molecule has 3 aliphatic rings. The smallest absolute Gasteiger partial charge is 0.414 e. The Labute approximate surface area is 198 Å². The number of nitrogens with zero attached hydrogens (tertiary/aromatic N) is 4. The number of hydrogen-bond acceptors (Lipinski definition) is 5. The number of cyclic esters (lactones) is 1. The minimum absolute atomic E-state index is 0. The summed E-state index contributed by atoms with van der Waals surface area (Å²) in [6, 6.07) is 6.35. The minimum atomic E-state index is -0.630. The first-order valence-corrected chi connectivity index (χ1v) is 11.2. The van der Waals surface area contributed by atoms with Gasteiger partial charge in [0, 0.05) is 32.4 Å². The first-order valence-electron chi connectivity index (χ1n) is 11.2. The SMILES string of the molecule is Cc1cc(C2CC2)cnc1N1CCN(C(=O)c2ccc(N3C(=O)OC[C@H]3C)cc2F)CC1.Cl. The molecule has 3 heterocycles. The van der Waals surface area contributed by atoms with E-state index in [0.717, 1.165) is 11.4 Å². The van der Waals surface area contributed by atoms with Gasteiger partial charge in [0.2, 0.25) is 0 Å². The quantitative estimate of drug-likeness (QED) is 0.666. The highest BCUT2D eigenvalue weighted by molar-refractivity contribution is 5.96. The molecular formula is C24H28ClFN4O3. The summed E-state index contributed by atoms with van der Waals surface area (Å²) in [4.78, 5) is 34.8. The van der Waals surface area contributed by atoms with Gasteiger partial charge in [0.25, 0.3) is 5.91 Å². The maximum absolute atomic E-state index is 14.8. The van der Waals surface area contributed by atoms with Gasteiger partial charge in [-0.05, 0) is 61.9 Å². The molecule has 7 nitrogen and oxygen atoms in total. The van der Waals surface area contributed by atoms with Crippen molar-refractivity contribution < 1.29 is 18.7 Å². The zero-order chi connectivity index (χ0) is 22.4. The molecule has 2 amide bonds. The van der Waals surface area contributed by atoms with Crippen LogP contribution in [0.25, 0.3) is 0 Å². The molecule has 0 spiro atoms. The summed E-state index contributed by atoms with van der Waals surface area (Å²) in [5.41, 5.74) is 2.89. The van der Waals surface area contributed by atoms with Crippen LogP contribution in [0.2, 0.25) is 0 Å². The van der Waals surface area contributed by atoms with Crippen LogP contribution in [0.3, 0.4) is 0 Å². The number of amides is 2. The number of aryl methyl sites for hydroxylation is 1. The Morgan fingerprint density at radius 3 is 2.45 bits per heavy atom. The molecule has 3 fully saturated rings. The molecule has 1 aromatic carbocycles. The molecule has 0 radical (unpaired) electrons. The molecule has 1 aliphatic carbocycles. The highest BCUT2D eigenvalue weighted by Gasteiger charge is 2.32. The lowest BCUT2D eigenvalue weighted by Gasteiger charge is -2.36. The summed E-state index contributed by atoms with van der Waals surface area (Å²) in [5, 5.41) is 0. The maximum atomic E-state index is 14.8. The van der Waals surface area contributed by atoms with E-state index in [4.69, 9.17) is 4.74 Å². The number of rotatable bonds is 4. The second-order valence-electron chi connectivity index (χ2n) is 8.92. The predicted octanol–water partition coefficient (Wildman–Crippen LogP) is 4.14. The van der Waals surface area contributed by atoms with Crippen LogP contribution in [0.1, 0.15) is 47.2 Å². The summed E-state index contributed by atoms with van der Waals surface area (Å²) in [7, 11) is 0. The van der Waals surface area contributed by atoms with Gasteiger partial charge in [-0.2, -0.15) is 0 Å². The third-order valence-corrected chi connectivity index (χ3v) is 6.53. The van der Waals surface area contributed by atoms with E-state index in [2.05, 4.69) is 22.9 Å². The first-order chi connectivity index (χ1) is 15.4. The normalized spacial score (nSPS) is 20.5. The van der Waals surface area contributed by atoms with Crippen molar-refractivity contribution in [2.45, 2.75) is 38.6 Å². The standard InChI is InChI=1S/C24H27FN4O3.ClH/c1-15-11-18(17-3-4-17)13-26-22(15)27-7-9-28(10-8-27)23(30)20-6-5-19(12-21(20)25)29-16(2)14-32-24(29)31;/h5-6,11-13,16-17H,3-4,7-10,14H2,1-2H3;1H/t16-;/m1./s1. The van der Waals surface area contributed by atoms with Crippen molar-refractivity contribution in [1.82, 2.24) is 9.88 Å². The molecule has 33 heavy (non-hydrogen) atoms. The lowest BCUT2D eigenvalue weighted by molar-refractivity contribution is 0.0742. The van der Waals surface area contributed by atoms with Crippen LogP contribution in [0.15, 0.2) is 30.5 Å². The molecule has 0 N–H and O–H groups in total. The number of piperazine rings is 1. The molecule has 9 heteroatoms. The second kappa shape index (κ2) is 9.17. The van der Waals surface area contributed by atoms with Crippen molar-refractivity contribution in [3.05, 3.63) is 53.0 Å². The number of ether oxygens (including phenoxy) is 1. The fourth-order valence-electron chi connectivity index (χ4n) is 4.56. The molecule has 176 valence electrons. The van der Waals surface area contributed by atoms with Gasteiger partial charge in [0.1, 0.15) is 18.2 Å². The van der Waals surface area contributed by atoms with Crippen molar-refractivity contribution in [2.24, 2.45) is 0 Å². The Balaban J connectivity index is 0.00000259. The molecule has 2 aliphatic heterocycles. The minimum Gasteiger partial charge on any atom is -0.447 e. The van der Waals surface area contributed by atoms with Crippen LogP contribution < -0.4 is 9.80 Å². The van der Waals surface area contributed by atoms with Gasteiger partial charge in [-0.1, -0.05) is 6.07 Å². The fourth-order valence-corrected chi connectivity index (χ4v) is 4.56. The third-order valence-electron chi connectivity index (χ3n) is 6.53. The van der Waals surface area contributed by atoms with E-state index in [1.54, 1.807) is 11.0 Å². The third kappa shape index (κ3) is 4.49. The Kier molecular flexibility index (Phi) is 6.47. The van der Waals surface area contributed by atoms with Crippen LogP contribution >= 0.6 is 12.4 Å². The molecule has 2 saturated heterocycles. The molecule has 0 unspecified atom stereocenters. The lowest BCUT2D eigenvalue weighted by Crippen LogP contribution is -2.49. The highest BCUT2D eigenvalue weighted by Crippen LogP contribution is 2.40. The monoisotopic (exact) mass is 474 g/mol. The van der Waals surface area contributed by atoms with Gasteiger partial charge in [-0.25, -0.2) is 14.2 Å². The lowest BCUT2D eigenvalue weighted by atomic mass is 10.1. The Morgan fingerprint density at radius 2 is 1.88 bits per heavy atom. The second-order valence-corrected chi connectivity index (χ2v) is 8.92. The van der Waals surface area contributed by atoms with Crippen molar-refractivity contribution in [3.63, 3.8) is 0 Å². The van der Waals surface area contributed by atoms with Gasteiger partial charge < -0.3 is 14.5 Å². The molecular weight excluding hydrogens is 447 g/mol. The molecule has 1 atom stereocenters. The number of carbonyl (C=O) groups is 2. The number of anilines is 2.